The van der Waals surface area contributed by atoms with E-state index in [2.05, 4.69) is 10.6 Å². The number of carbonyl (C=O) groups excluding carboxylic acids is 2. The molecule has 0 saturated heterocycles. The summed E-state index contributed by atoms with van der Waals surface area (Å²) in [5.74, 6) is 0.348. The first-order valence-electron chi connectivity index (χ1n) is 9.88. The fraction of sp³-hybridized carbons (Fsp3) is 0.250. The van der Waals surface area contributed by atoms with Gasteiger partial charge in [0.1, 0.15) is 5.76 Å². The minimum absolute atomic E-state index is 0.0892. The lowest BCUT2D eigenvalue weighted by Gasteiger charge is -2.19. The Morgan fingerprint density at radius 1 is 1.03 bits per heavy atom. The number of amides is 2. The Balaban J connectivity index is 1.77. The van der Waals surface area contributed by atoms with Crippen molar-refractivity contribution < 1.29 is 14.0 Å². The van der Waals surface area contributed by atoms with Gasteiger partial charge in [-0.15, -0.1) is 0 Å². The second kappa shape index (κ2) is 9.31. The molecule has 0 aliphatic rings. The Morgan fingerprint density at radius 2 is 1.83 bits per heavy atom. The van der Waals surface area contributed by atoms with Gasteiger partial charge in [0.15, 0.2) is 0 Å². The monoisotopic (exact) mass is 405 g/mol. The molecule has 0 aliphatic carbocycles. The van der Waals surface area contributed by atoms with E-state index in [0.717, 1.165) is 22.6 Å². The van der Waals surface area contributed by atoms with Crippen LogP contribution in [0.15, 0.2) is 65.3 Å². The second-order valence-electron chi connectivity index (χ2n) is 7.63. The van der Waals surface area contributed by atoms with Crippen LogP contribution in [0.5, 0.6) is 0 Å². The third-order valence-electron chi connectivity index (χ3n) is 4.70. The van der Waals surface area contributed by atoms with Crippen LogP contribution >= 0.6 is 0 Å². The predicted octanol–water partition coefficient (Wildman–Crippen LogP) is 4.54. The lowest BCUT2D eigenvalue weighted by Crippen LogP contribution is -2.26. The van der Waals surface area contributed by atoms with Crippen molar-refractivity contribution in [3.63, 3.8) is 0 Å². The lowest BCUT2D eigenvalue weighted by molar-refractivity contribution is -0.118. The smallest absolute Gasteiger partial charge is 0.253 e. The molecule has 2 aromatic carbocycles. The summed E-state index contributed by atoms with van der Waals surface area (Å²) < 4.78 is 5.45. The predicted molar refractivity (Wildman–Crippen MR) is 120 cm³/mol. The molecule has 3 aromatic rings. The number of hydrogen-bond donors (Lipinski definition) is 2. The maximum Gasteiger partial charge on any atom is 0.253 e. The van der Waals surface area contributed by atoms with Crippen molar-refractivity contribution in [2.75, 3.05) is 24.3 Å². The summed E-state index contributed by atoms with van der Waals surface area (Å²) in [6.45, 7) is 4.03. The molecule has 0 saturated carbocycles. The van der Waals surface area contributed by atoms with Crippen LogP contribution in [0.3, 0.4) is 0 Å². The van der Waals surface area contributed by atoms with Gasteiger partial charge in [-0.05, 0) is 42.0 Å². The molecule has 6 nitrogen and oxygen atoms in total. The molecular formula is C24H27N3O3. The molecule has 30 heavy (non-hydrogen) atoms. The van der Waals surface area contributed by atoms with Crippen molar-refractivity contribution in [3.8, 4) is 11.3 Å². The summed E-state index contributed by atoms with van der Waals surface area (Å²) in [6, 6.07) is 17.0. The fourth-order valence-corrected chi connectivity index (χ4v) is 3.03. The van der Waals surface area contributed by atoms with E-state index in [9.17, 15) is 9.59 Å². The van der Waals surface area contributed by atoms with Crippen LogP contribution < -0.4 is 15.5 Å². The van der Waals surface area contributed by atoms with E-state index in [0.29, 0.717) is 17.8 Å². The molecule has 0 spiro atoms. The molecule has 3 rings (SSSR count). The van der Waals surface area contributed by atoms with Crippen LogP contribution in [0.25, 0.3) is 11.3 Å². The lowest BCUT2D eigenvalue weighted by atomic mass is 10.1. The van der Waals surface area contributed by atoms with E-state index in [1.54, 1.807) is 18.4 Å². The van der Waals surface area contributed by atoms with Gasteiger partial charge in [-0.3, -0.25) is 9.59 Å². The van der Waals surface area contributed by atoms with Gasteiger partial charge in [0.25, 0.3) is 5.91 Å². The van der Waals surface area contributed by atoms with Crippen molar-refractivity contribution in [1.82, 2.24) is 5.32 Å². The molecule has 0 radical (unpaired) electrons. The molecule has 6 heteroatoms. The average molecular weight is 405 g/mol. The quantitative estimate of drug-likeness (QED) is 0.605. The van der Waals surface area contributed by atoms with Crippen molar-refractivity contribution in [1.29, 1.82) is 0 Å². The van der Waals surface area contributed by atoms with Gasteiger partial charge in [0, 0.05) is 43.5 Å². The maximum absolute atomic E-state index is 13.0. The van der Waals surface area contributed by atoms with Gasteiger partial charge in [-0.2, -0.15) is 0 Å². The minimum Gasteiger partial charge on any atom is -0.464 e. The Kier molecular flexibility index (Phi) is 6.57. The summed E-state index contributed by atoms with van der Waals surface area (Å²) in [7, 11) is 3.76. The number of rotatable bonds is 7. The number of nitrogens with zero attached hydrogens (tertiary/aromatic N) is 1. The van der Waals surface area contributed by atoms with Crippen molar-refractivity contribution in [3.05, 3.63) is 72.0 Å². The van der Waals surface area contributed by atoms with Gasteiger partial charge < -0.3 is 20.0 Å². The SMILES string of the molecule is CC(C)C(=O)Nc1ccc(N(C)C)c(C(=O)NCc2cccc(-c3ccco3)c2)c1. The highest BCUT2D eigenvalue weighted by atomic mass is 16.3. The standard InChI is InChI=1S/C24H27N3O3/c1-16(2)23(28)26-19-10-11-21(27(3)4)20(14-19)24(29)25-15-17-7-5-8-18(13-17)22-9-6-12-30-22/h5-14,16H,15H2,1-4H3,(H,25,29)(H,26,28). The van der Waals surface area contributed by atoms with Gasteiger partial charge >= 0.3 is 0 Å². The number of anilines is 2. The van der Waals surface area contributed by atoms with E-state index in [1.165, 1.54) is 0 Å². The zero-order valence-corrected chi connectivity index (χ0v) is 17.7. The van der Waals surface area contributed by atoms with Crippen LogP contribution in [0.4, 0.5) is 11.4 Å². The fourth-order valence-electron chi connectivity index (χ4n) is 3.03. The molecule has 0 unspecified atom stereocenters. The molecule has 0 aliphatic heterocycles. The summed E-state index contributed by atoms with van der Waals surface area (Å²) >= 11 is 0. The van der Waals surface area contributed by atoms with Crippen LogP contribution in [-0.2, 0) is 11.3 Å². The molecule has 2 amide bonds. The highest BCUT2D eigenvalue weighted by Gasteiger charge is 2.16. The van der Waals surface area contributed by atoms with Crippen LogP contribution in [0.2, 0.25) is 0 Å². The molecule has 0 atom stereocenters. The van der Waals surface area contributed by atoms with E-state index < -0.39 is 0 Å². The zero-order valence-electron chi connectivity index (χ0n) is 17.7. The van der Waals surface area contributed by atoms with Gasteiger partial charge in [-0.1, -0.05) is 32.0 Å². The topological polar surface area (TPSA) is 74.6 Å². The van der Waals surface area contributed by atoms with E-state index in [-0.39, 0.29) is 17.7 Å². The molecule has 1 aromatic heterocycles. The van der Waals surface area contributed by atoms with Crippen LogP contribution in [0.1, 0.15) is 29.8 Å². The average Bonchev–Trinajstić information content (AvgIpc) is 3.27. The van der Waals surface area contributed by atoms with Crippen LogP contribution in [-0.4, -0.2) is 25.9 Å². The molecule has 0 fully saturated rings. The number of carbonyl (C=O) groups is 2. The van der Waals surface area contributed by atoms with Gasteiger partial charge in [-0.25, -0.2) is 0 Å². The van der Waals surface area contributed by atoms with Gasteiger partial charge in [0.2, 0.25) is 5.91 Å². The Labute approximate surface area is 176 Å². The summed E-state index contributed by atoms with van der Waals surface area (Å²) in [6.07, 6.45) is 1.64. The molecule has 156 valence electrons. The van der Waals surface area contributed by atoms with Crippen molar-refractivity contribution >= 4 is 23.2 Å². The zero-order chi connectivity index (χ0) is 21.7. The molecule has 2 N–H and O–H groups in total. The van der Waals surface area contributed by atoms with Gasteiger partial charge in [0.05, 0.1) is 11.8 Å². The molecule has 1 heterocycles. The van der Waals surface area contributed by atoms with Crippen molar-refractivity contribution in [2.24, 2.45) is 5.92 Å². The number of nitrogens with one attached hydrogen (secondary N) is 2. The summed E-state index contributed by atoms with van der Waals surface area (Å²) in [4.78, 5) is 26.9. The first-order chi connectivity index (χ1) is 14.3. The highest BCUT2D eigenvalue weighted by Crippen LogP contribution is 2.24. The van der Waals surface area contributed by atoms with Crippen LogP contribution in [0, 0.1) is 5.92 Å². The van der Waals surface area contributed by atoms with Crippen molar-refractivity contribution in [2.45, 2.75) is 20.4 Å². The van der Waals surface area contributed by atoms with E-state index in [1.807, 2.05) is 75.3 Å². The minimum atomic E-state index is -0.206. The van der Waals surface area contributed by atoms with E-state index in [4.69, 9.17) is 4.42 Å². The first kappa shape index (κ1) is 21.2. The maximum atomic E-state index is 13.0. The number of furan rings is 1. The van der Waals surface area contributed by atoms with E-state index >= 15 is 0 Å². The molecular weight excluding hydrogens is 378 g/mol. The third kappa shape index (κ3) is 5.08. The molecule has 0 bridgehead atoms. The number of hydrogen-bond acceptors (Lipinski definition) is 4. The Morgan fingerprint density at radius 3 is 2.50 bits per heavy atom. The third-order valence-corrected chi connectivity index (χ3v) is 4.70. The highest BCUT2D eigenvalue weighted by molar-refractivity contribution is 6.02. The Hall–Kier alpha value is -3.54. The summed E-state index contributed by atoms with van der Waals surface area (Å²) in [5, 5.41) is 5.83. The number of benzene rings is 2. The summed E-state index contributed by atoms with van der Waals surface area (Å²) in [5.41, 5.74) is 3.81. The normalized spacial score (nSPS) is 10.7. The second-order valence-corrected chi connectivity index (χ2v) is 7.63. The largest absolute Gasteiger partial charge is 0.464 e. The first-order valence-corrected chi connectivity index (χ1v) is 9.88. The Bertz CT molecular complexity index is 1020.